The number of carbonyl (C=O) groups excluding carboxylic acids is 1. The van der Waals surface area contributed by atoms with Gasteiger partial charge in [0.15, 0.2) is 11.6 Å². The van der Waals surface area contributed by atoms with Crippen molar-refractivity contribution >= 4 is 23.1 Å². The van der Waals surface area contributed by atoms with E-state index in [1.807, 2.05) is 80.6 Å². The molecule has 8 heteroatoms. The fourth-order valence-electron chi connectivity index (χ4n) is 4.18. The zero-order valence-corrected chi connectivity index (χ0v) is 19.4. The normalized spacial score (nSPS) is 13.9. The van der Waals surface area contributed by atoms with Gasteiger partial charge in [-0.05, 0) is 75.2 Å². The second-order valence-corrected chi connectivity index (χ2v) is 8.55. The Morgan fingerprint density at radius 2 is 1.71 bits per heavy atom. The van der Waals surface area contributed by atoms with Crippen LogP contribution in [0, 0.1) is 13.8 Å². The van der Waals surface area contributed by atoms with E-state index in [0.717, 1.165) is 46.9 Å². The van der Waals surface area contributed by atoms with Gasteiger partial charge in [-0.25, -0.2) is 4.68 Å². The third-order valence-electron chi connectivity index (χ3n) is 6.10. The number of para-hydroxylation sites is 1. The monoisotopic (exact) mass is 454 g/mol. The lowest BCUT2D eigenvalue weighted by Gasteiger charge is -2.18. The number of amides is 1. The van der Waals surface area contributed by atoms with Gasteiger partial charge in [0.1, 0.15) is 5.75 Å². The fraction of sp³-hybridized carbons (Fsp3) is 0.231. The number of hydrogen-bond acceptors (Lipinski definition) is 6. The molecule has 0 aliphatic heterocycles. The van der Waals surface area contributed by atoms with Gasteiger partial charge in [-0.1, -0.05) is 18.2 Å². The van der Waals surface area contributed by atoms with Crippen LogP contribution in [0.25, 0.3) is 5.82 Å². The molecule has 2 aromatic carbocycles. The zero-order valence-electron chi connectivity index (χ0n) is 19.4. The van der Waals surface area contributed by atoms with Crippen molar-refractivity contribution in [3.05, 3.63) is 83.7 Å². The van der Waals surface area contributed by atoms with Gasteiger partial charge in [0, 0.05) is 22.6 Å². The van der Waals surface area contributed by atoms with Gasteiger partial charge in [-0.2, -0.15) is 5.10 Å². The molecule has 2 N–H and O–H groups in total. The molecular weight excluding hydrogens is 428 g/mol. The molecule has 0 bridgehead atoms. The molecule has 1 aliphatic rings. The van der Waals surface area contributed by atoms with Crippen LogP contribution in [-0.4, -0.2) is 33.0 Å². The van der Waals surface area contributed by atoms with Crippen molar-refractivity contribution in [2.45, 2.75) is 32.1 Å². The standard InChI is InChI=1S/C26H26N6O2/c1-17-16-18(2)32(31-17)24-13-12-23(29-30-24)27-19-8-10-20(11-9-19)28-25(33)26(14-15-26)21-6-4-5-7-22(21)34-3/h4-13,16H,14-15H2,1-3H3,(H,27,29)(H,28,33). The summed E-state index contributed by atoms with van der Waals surface area (Å²) in [7, 11) is 1.63. The molecule has 1 saturated carbocycles. The summed E-state index contributed by atoms with van der Waals surface area (Å²) in [5.41, 5.74) is 3.94. The number of hydrogen-bond donors (Lipinski definition) is 2. The topological polar surface area (TPSA) is 94.0 Å². The quantitative estimate of drug-likeness (QED) is 0.420. The van der Waals surface area contributed by atoms with Gasteiger partial charge in [-0.15, -0.1) is 10.2 Å². The van der Waals surface area contributed by atoms with E-state index in [2.05, 4.69) is 25.9 Å². The molecule has 5 rings (SSSR count). The van der Waals surface area contributed by atoms with Crippen LogP contribution in [0.3, 0.4) is 0 Å². The van der Waals surface area contributed by atoms with Crippen LogP contribution in [0.2, 0.25) is 0 Å². The van der Waals surface area contributed by atoms with Gasteiger partial charge >= 0.3 is 0 Å². The fourth-order valence-corrected chi connectivity index (χ4v) is 4.18. The molecule has 172 valence electrons. The van der Waals surface area contributed by atoms with Crippen LogP contribution >= 0.6 is 0 Å². The van der Waals surface area contributed by atoms with E-state index in [0.29, 0.717) is 11.6 Å². The molecule has 34 heavy (non-hydrogen) atoms. The molecule has 2 heterocycles. The number of anilines is 3. The van der Waals surface area contributed by atoms with Gasteiger partial charge in [0.2, 0.25) is 5.91 Å². The molecule has 1 fully saturated rings. The highest BCUT2D eigenvalue weighted by Gasteiger charge is 2.52. The number of carbonyl (C=O) groups is 1. The minimum absolute atomic E-state index is 0.0108. The SMILES string of the molecule is COc1ccccc1C1(C(=O)Nc2ccc(Nc3ccc(-n4nc(C)cc4C)nn3)cc2)CC1. The third kappa shape index (κ3) is 4.10. The number of aryl methyl sites for hydroxylation is 2. The van der Waals surface area contributed by atoms with E-state index in [1.54, 1.807) is 11.8 Å². The van der Waals surface area contributed by atoms with E-state index >= 15 is 0 Å². The first kappa shape index (κ1) is 21.6. The average molecular weight is 455 g/mol. The Hall–Kier alpha value is -4.20. The van der Waals surface area contributed by atoms with E-state index in [9.17, 15) is 4.79 Å². The summed E-state index contributed by atoms with van der Waals surface area (Å²) in [5, 5.41) is 19.3. The van der Waals surface area contributed by atoms with Crippen LogP contribution in [0.5, 0.6) is 5.75 Å². The maximum atomic E-state index is 13.1. The molecule has 1 amide bonds. The van der Waals surface area contributed by atoms with E-state index in [1.165, 1.54) is 0 Å². The highest BCUT2D eigenvalue weighted by atomic mass is 16.5. The Kier molecular flexibility index (Phi) is 5.49. The van der Waals surface area contributed by atoms with E-state index < -0.39 is 5.41 Å². The first-order chi connectivity index (χ1) is 16.5. The van der Waals surface area contributed by atoms with Crippen LogP contribution in [0.1, 0.15) is 29.8 Å². The van der Waals surface area contributed by atoms with Gasteiger partial charge in [0.05, 0.1) is 18.2 Å². The second-order valence-electron chi connectivity index (χ2n) is 8.55. The summed E-state index contributed by atoms with van der Waals surface area (Å²) < 4.78 is 7.24. The molecule has 0 radical (unpaired) electrons. The van der Waals surface area contributed by atoms with Crippen molar-refractivity contribution < 1.29 is 9.53 Å². The minimum atomic E-state index is -0.521. The van der Waals surface area contributed by atoms with Gasteiger partial charge < -0.3 is 15.4 Å². The van der Waals surface area contributed by atoms with Crippen molar-refractivity contribution in [3.63, 3.8) is 0 Å². The van der Waals surface area contributed by atoms with Crippen molar-refractivity contribution in [2.24, 2.45) is 0 Å². The molecule has 0 spiro atoms. The lowest BCUT2D eigenvalue weighted by atomic mass is 9.94. The Labute approximate surface area is 198 Å². The molecule has 2 aromatic heterocycles. The number of rotatable bonds is 7. The number of nitrogens with one attached hydrogen (secondary N) is 2. The highest BCUT2D eigenvalue weighted by molar-refractivity contribution is 6.02. The lowest BCUT2D eigenvalue weighted by molar-refractivity contribution is -0.118. The van der Waals surface area contributed by atoms with Gasteiger partial charge in [-0.3, -0.25) is 4.79 Å². The van der Waals surface area contributed by atoms with E-state index in [-0.39, 0.29) is 5.91 Å². The lowest BCUT2D eigenvalue weighted by Crippen LogP contribution is -2.28. The molecule has 1 aliphatic carbocycles. The highest BCUT2D eigenvalue weighted by Crippen LogP contribution is 2.52. The van der Waals surface area contributed by atoms with Crippen LogP contribution < -0.4 is 15.4 Å². The summed E-state index contributed by atoms with van der Waals surface area (Å²) in [6, 6.07) is 21.0. The van der Waals surface area contributed by atoms with Crippen LogP contribution in [0.15, 0.2) is 66.7 Å². The zero-order chi connectivity index (χ0) is 23.7. The first-order valence-electron chi connectivity index (χ1n) is 11.2. The Morgan fingerprint density at radius 3 is 2.32 bits per heavy atom. The molecule has 8 nitrogen and oxygen atoms in total. The predicted molar refractivity (Wildman–Crippen MR) is 131 cm³/mol. The first-order valence-corrected chi connectivity index (χ1v) is 11.2. The number of aromatic nitrogens is 4. The van der Waals surface area contributed by atoms with Crippen molar-refractivity contribution in [1.29, 1.82) is 0 Å². The Morgan fingerprint density at radius 1 is 0.971 bits per heavy atom. The van der Waals surface area contributed by atoms with Crippen molar-refractivity contribution in [3.8, 4) is 11.6 Å². The number of benzene rings is 2. The van der Waals surface area contributed by atoms with Crippen molar-refractivity contribution in [1.82, 2.24) is 20.0 Å². The molecule has 0 atom stereocenters. The molecule has 0 saturated heterocycles. The predicted octanol–water partition coefficient (Wildman–Crippen LogP) is 4.70. The molecular formula is C26H26N6O2. The summed E-state index contributed by atoms with van der Waals surface area (Å²) in [6.07, 6.45) is 1.62. The maximum absolute atomic E-state index is 13.1. The van der Waals surface area contributed by atoms with Crippen LogP contribution in [0.4, 0.5) is 17.2 Å². The number of methoxy groups -OCH3 is 1. The Bertz CT molecular complexity index is 1320. The van der Waals surface area contributed by atoms with E-state index in [4.69, 9.17) is 4.74 Å². The minimum Gasteiger partial charge on any atom is -0.496 e. The second kappa shape index (κ2) is 8.62. The summed E-state index contributed by atoms with van der Waals surface area (Å²) >= 11 is 0. The summed E-state index contributed by atoms with van der Waals surface area (Å²) in [4.78, 5) is 13.1. The largest absolute Gasteiger partial charge is 0.496 e. The summed E-state index contributed by atoms with van der Waals surface area (Å²) in [6.45, 7) is 3.93. The molecule has 0 unspecified atom stereocenters. The molecule has 4 aromatic rings. The number of ether oxygens (including phenoxy) is 1. The summed E-state index contributed by atoms with van der Waals surface area (Å²) in [5.74, 6) is 2.02. The van der Waals surface area contributed by atoms with Crippen LogP contribution in [-0.2, 0) is 10.2 Å². The number of nitrogens with zero attached hydrogens (tertiary/aromatic N) is 4. The third-order valence-corrected chi connectivity index (χ3v) is 6.10. The average Bonchev–Trinajstić information content (AvgIpc) is 3.59. The smallest absolute Gasteiger partial charge is 0.235 e. The van der Waals surface area contributed by atoms with Crippen molar-refractivity contribution in [2.75, 3.05) is 17.7 Å². The maximum Gasteiger partial charge on any atom is 0.235 e. The van der Waals surface area contributed by atoms with Gasteiger partial charge in [0.25, 0.3) is 0 Å². The Balaban J connectivity index is 1.25.